The summed E-state index contributed by atoms with van der Waals surface area (Å²) in [5.74, 6) is 0. The monoisotopic (exact) mass is 918 g/mol. The van der Waals surface area contributed by atoms with Crippen LogP contribution in [0.5, 0.6) is 0 Å². The minimum atomic E-state index is -0.520. The van der Waals surface area contributed by atoms with E-state index in [0.29, 0.717) is 0 Å². The van der Waals surface area contributed by atoms with Crippen molar-refractivity contribution in [1.82, 2.24) is 4.57 Å². The highest BCUT2D eigenvalue weighted by atomic mass is 15.1. The summed E-state index contributed by atoms with van der Waals surface area (Å²) >= 11 is 0. The van der Waals surface area contributed by atoms with Gasteiger partial charge in [-0.25, -0.2) is 0 Å². The summed E-state index contributed by atoms with van der Waals surface area (Å²) in [6.45, 7) is 4.74. The van der Waals surface area contributed by atoms with Gasteiger partial charge in [0.05, 0.1) is 22.1 Å². The van der Waals surface area contributed by atoms with E-state index in [2.05, 4.69) is 290 Å². The lowest BCUT2D eigenvalue weighted by Crippen LogP contribution is -2.28. The summed E-state index contributed by atoms with van der Waals surface area (Å²) < 4.78 is 2.46. The van der Waals surface area contributed by atoms with E-state index in [1.807, 2.05) is 0 Å². The number of hydrogen-bond donors (Lipinski definition) is 0. The predicted molar refractivity (Wildman–Crippen MR) is 301 cm³/mol. The first-order valence-corrected chi connectivity index (χ1v) is 25.2. The van der Waals surface area contributed by atoms with E-state index in [0.717, 1.165) is 17.1 Å². The fourth-order valence-corrected chi connectivity index (χ4v) is 12.6. The number of benzene rings is 11. The van der Waals surface area contributed by atoms with Crippen molar-refractivity contribution in [2.24, 2.45) is 0 Å². The van der Waals surface area contributed by atoms with Crippen LogP contribution in [0.15, 0.2) is 267 Å². The summed E-state index contributed by atoms with van der Waals surface area (Å²) in [6, 6.07) is 98.9. The molecule has 340 valence electrons. The molecule has 14 rings (SSSR count). The smallest absolute Gasteiger partial charge is 0.0714 e. The first kappa shape index (κ1) is 41.9. The summed E-state index contributed by atoms with van der Waals surface area (Å²) in [4.78, 5) is 2.48. The first-order valence-electron chi connectivity index (χ1n) is 25.2. The quantitative estimate of drug-likeness (QED) is 0.147. The number of nitrogens with zero attached hydrogens (tertiary/aromatic N) is 2. The van der Waals surface area contributed by atoms with E-state index in [9.17, 15) is 0 Å². The Kier molecular flexibility index (Phi) is 9.50. The number of rotatable bonds is 8. The van der Waals surface area contributed by atoms with Crippen LogP contribution in [0.25, 0.3) is 72.0 Å². The Morgan fingerprint density at radius 3 is 1.60 bits per heavy atom. The van der Waals surface area contributed by atoms with Gasteiger partial charge in [-0.05, 0) is 139 Å². The van der Waals surface area contributed by atoms with Crippen molar-refractivity contribution in [2.75, 3.05) is 4.90 Å². The largest absolute Gasteiger partial charge is 0.310 e. The third-order valence-corrected chi connectivity index (χ3v) is 15.9. The summed E-state index contributed by atoms with van der Waals surface area (Å²) in [7, 11) is 0. The number of para-hydroxylation sites is 1. The minimum Gasteiger partial charge on any atom is -0.310 e. The molecule has 1 heterocycles. The Balaban J connectivity index is 0.955. The molecule has 0 aliphatic heterocycles. The molecule has 0 amide bonds. The van der Waals surface area contributed by atoms with Gasteiger partial charge in [0, 0.05) is 38.8 Å². The molecule has 0 fully saturated rings. The van der Waals surface area contributed by atoms with Crippen molar-refractivity contribution < 1.29 is 0 Å². The fourth-order valence-electron chi connectivity index (χ4n) is 12.6. The van der Waals surface area contributed by atoms with Crippen molar-refractivity contribution in [2.45, 2.75) is 24.7 Å². The van der Waals surface area contributed by atoms with Crippen molar-refractivity contribution >= 4 is 38.9 Å². The van der Waals surface area contributed by atoms with Crippen LogP contribution < -0.4 is 4.90 Å². The van der Waals surface area contributed by atoms with Gasteiger partial charge in [-0.1, -0.05) is 214 Å². The molecule has 0 unspecified atom stereocenters. The Hall–Kier alpha value is -8.98. The molecule has 0 saturated carbocycles. The molecule has 2 heteroatoms. The van der Waals surface area contributed by atoms with Crippen molar-refractivity contribution in [3.63, 3.8) is 0 Å². The Labute approximate surface area is 421 Å². The van der Waals surface area contributed by atoms with Crippen molar-refractivity contribution in [3.8, 4) is 50.2 Å². The maximum atomic E-state index is 2.48. The highest BCUT2D eigenvalue weighted by Gasteiger charge is 2.47. The SMILES string of the molecule is CC1(C)c2ccccc2-c2cc3c4cc(-c5ccc(N(c6cccc(-c7ccccc7)c6)c6cccc7c6-c6ccccc6C7(c6ccccc6)c6ccccc6)cc5)ccc4n(-c4ccccc4)c3cc21. The molecule has 0 spiro atoms. The van der Waals surface area contributed by atoms with Gasteiger partial charge in [0.1, 0.15) is 0 Å². The van der Waals surface area contributed by atoms with Crippen LogP contribution in [-0.2, 0) is 10.8 Å². The molecule has 72 heavy (non-hydrogen) atoms. The summed E-state index contributed by atoms with van der Waals surface area (Å²) in [6.07, 6.45) is 0. The molecule has 2 aliphatic carbocycles. The van der Waals surface area contributed by atoms with Crippen LogP contribution in [-0.4, -0.2) is 4.57 Å². The maximum Gasteiger partial charge on any atom is 0.0714 e. The summed E-state index contributed by atoms with van der Waals surface area (Å²) in [5, 5.41) is 2.52. The van der Waals surface area contributed by atoms with E-state index >= 15 is 0 Å². The third-order valence-electron chi connectivity index (χ3n) is 15.9. The van der Waals surface area contributed by atoms with Gasteiger partial charge in [-0.3, -0.25) is 0 Å². The maximum absolute atomic E-state index is 2.48. The third kappa shape index (κ3) is 6.22. The Morgan fingerprint density at radius 1 is 0.333 bits per heavy atom. The number of anilines is 3. The lowest BCUT2D eigenvalue weighted by atomic mass is 9.68. The normalized spacial score (nSPS) is 13.6. The van der Waals surface area contributed by atoms with E-state index in [1.165, 1.54) is 105 Å². The van der Waals surface area contributed by atoms with Gasteiger partial charge in [0.15, 0.2) is 0 Å². The van der Waals surface area contributed by atoms with Crippen LogP contribution >= 0.6 is 0 Å². The predicted octanol–water partition coefficient (Wildman–Crippen LogP) is 18.3. The fraction of sp³-hybridized carbons (Fsp3) is 0.0571. The second-order valence-electron chi connectivity index (χ2n) is 20.0. The molecule has 0 saturated heterocycles. The van der Waals surface area contributed by atoms with Gasteiger partial charge in [0.2, 0.25) is 0 Å². The Morgan fingerprint density at radius 2 is 0.875 bits per heavy atom. The molecule has 11 aromatic carbocycles. The lowest BCUT2D eigenvalue weighted by Gasteiger charge is -2.34. The van der Waals surface area contributed by atoms with Gasteiger partial charge < -0.3 is 9.47 Å². The highest BCUT2D eigenvalue weighted by Crippen LogP contribution is 2.60. The van der Waals surface area contributed by atoms with Crippen molar-refractivity contribution in [1.29, 1.82) is 0 Å². The van der Waals surface area contributed by atoms with Gasteiger partial charge >= 0.3 is 0 Å². The van der Waals surface area contributed by atoms with E-state index in [4.69, 9.17) is 0 Å². The van der Waals surface area contributed by atoms with Crippen LogP contribution in [0.2, 0.25) is 0 Å². The molecule has 0 N–H and O–H groups in total. The van der Waals surface area contributed by atoms with Gasteiger partial charge in [-0.2, -0.15) is 0 Å². The molecule has 0 radical (unpaired) electrons. The molecule has 12 aromatic rings. The summed E-state index contributed by atoms with van der Waals surface area (Å²) in [5.41, 5.74) is 24.0. The molecule has 2 nitrogen and oxygen atoms in total. The molecule has 1 aromatic heterocycles. The molecule has 0 bridgehead atoms. The van der Waals surface area contributed by atoms with Crippen LogP contribution in [0, 0.1) is 0 Å². The molecule has 2 aliphatic rings. The highest BCUT2D eigenvalue weighted by molar-refractivity contribution is 6.13. The van der Waals surface area contributed by atoms with Crippen molar-refractivity contribution in [3.05, 3.63) is 300 Å². The second-order valence-corrected chi connectivity index (χ2v) is 20.0. The standard InChI is InChI=1S/C70H50N2/c1-69(2)61-33-17-15-31-56(61)58-45-60-59-44-50(39-42-65(59)72(67(60)46-64(58)69)53-28-13-6-14-29-53)48-37-40-54(41-38-48)71(55-30-19-23-49(43-55)47-21-7-3-8-22-47)66-36-20-35-63-68(66)57-32-16-18-34-62(57)70(63,51-24-9-4-10-25-51)52-26-11-5-12-27-52/h3-46H,1-2H3. The van der Waals surface area contributed by atoms with Crippen LogP contribution in [0.3, 0.4) is 0 Å². The van der Waals surface area contributed by atoms with E-state index in [1.54, 1.807) is 0 Å². The zero-order valence-corrected chi connectivity index (χ0v) is 40.3. The topological polar surface area (TPSA) is 8.17 Å². The molecule has 0 atom stereocenters. The minimum absolute atomic E-state index is 0.0993. The van der Waals surface area contributed by atoms with E-state index in [-0.39, 0.29) is 5.41 Å². The zero-order chi connectivity index (χ0) is 48.0. The molecular weight excluding hydrogens is 869 g/mol. The number of fused-ring (bicyclic) bond motifs is 9. The van der Waals surface area contributed by atoms with Gasteiger partial charge in [-0.15, -0.1) is 0 Å². The molecular formula is C70H50N2. The van der Waals surface area contributed by atoms with Gasteiger partial charge in [0.25, 0.3) is 0 Å². The average molecular weight is 919 g/mol. The van der Waals surface area contributed by atoms with Crippen LogP contribution in [0.1, 0.15) is 47.2 Å². The number of aromatic nitrogens is 1. The lowest BCUT2D eigenvalue weighted by molar-refractivity contribution is 0.661. The average Bonchev–Trinajstić information content (AvgIpc) is 4.02. The zero-order valence-electron chi connectivity index (χ0n) is 40.3. The Bertz CT molecular complexity index is 4000. The van der Waals surface area contributed by atoms with E-state index < -0.39 is 5.41 Å². The number of hydrogen-bond acceptors (Lipinski definition) is 1. The van der Waals surface area contributed by atoms with Crippen LogP contribution in [0.4, 0.5) is 17.1 Å². The first-order chi connectivity index (χ1) is 35.5. The second kappa shape index (κ2) is 16.3.